The van der Waals surface area contributed by atoms with Gasteiger partial charge in [0.05, 0.1) is 6.61 Å². The first kappa shape index (κ1) is 26.8. The number of rotatable bonds is 10. The molecule has 1 fully saturated rings. The molecule has 3 aromatic carbocycles. The standard InChI is InChI=1S/C33H37FO3/c1-3-33(36)37-20-4-5-28-21-30(15-14-27(28)18-19-35)31-17-16-29(22-32(31)34)26-12-10-25(11-13-26)24-8-6-23(2)7-9-24/h3,10-17,21-24,35H,1,4-9,18-20H2,2H3. The Morgan fingerprint density at radius 3 is 2.32 bits per heavy atom. The highest BCUT2D eigenvalue weighted by Gasteiger charge is 2.19. The lowest BCUT2D eigenvalue weighted by molar-refractivity contribution is -0.137. The van der Waals surface area contributed by atoms with Crippen molar-refractivity contribution in [1.82, 2.24) is 0 Å². The molecule has 0 radical (unpaired) electrons. The van der Waals surface area contributed by atoms with E-state index in [-0.39, 0.29) is 19.0 Å². The average Bonchev–Trinajstić information content (AvgIpc) is 2.92. The smallest absolute Gasteiger partial charge is 0.330 e. The summed E-state index contributed by atoms with van der Waals surface area (Å²) in [5.41, 5.74) is 6.67. The highest BCUT2D eigenvalue weighted by atomic mass is 19.1. The number of carbonyl (C=O) groups excluding carboxylic acids is 1. The van der Waals surface area contributed by atoms with Crippen molar-refractivity contribution in [2.75, 3.05) is 13.2 Å². The van der Waals surface area contributed by atoms with Crippen LogP contribution < -0.4 is 0 Å². The Kier molecular flexibility index (Phi) is 9.29. The fraction of sp³-hybridized carbons (Fsp3) is 0.364. The monoisotopic (exact) mass is 500 g/mol. The molecule has 4 rings (SSSR count). The fourth-order valence-corrected chi connectivity index (χ4v) is 5.35. The van der Waals surface area contributed by atoms with Gasteiger partial charge in [0.1, 0.15) is 5.82 Å². The van der Waals surface area contributed by atoms with Crippen LogP contribution in [0.15, 0.2) is 73.3 Å². The van der Waals surface area contributed by atoms with Crippen molar-refractivity contribution in [3.05, 3.63) is 95.8 Å². The predicted octanol–water partition coefficient (Wildman–Crippen LogP) is 7.65. The molecule has 194 valence electrons. The van der Waals surface area contributed by atoms with Crippen molar-refractivity contribution in [3.63, 3.8) is 0 Å². The van der Waals surface area contributed by atoms with Gasteiger partial charge < -0.3 is 9.84 Å². The molecule has 0 heterocycles. The van der Waals surface area contributed by atoms with E-state index in [0.717, 1.165) is 39.8 Å². The Bertz CT molecular complexity index is 1210. The number of aliphatic hydroxyl groups is 1. The van der Waals surface area contributed by atoms with Crippen LogP contribution in [0.4, 0.5) is 4.39 Å². The van der Waals surface area contributed by atoms with E-state index in [2.05, 4.69) is 37.8 Å². The van der Waals surface area contributed by atoms with Gasteiger partial charge in [0, 0.05) is 18.2 Å². The lowest BCUT2D eigenvalue weighted by atomic mass is 9.79. The molecule has 4 heteroatoms. The zero-order chi connectivity index (χ0) is 26.2. The van der Waals surface area contributed by atoms with Gasteiger partial charge in [-0.25, -0.2) is 9.18 Å². The van der Waals surface area contributed by atoms with Crippen LogP contribution in [0.1, 0.15) is 61.6 Å². The van der Waals surface area contributed by atoms with Gasteiger partial charge in [0.15, 0.2) is 0 Å². The van der Waals surface area contributed by atoms with Crippen molar-refractivity contribution >= 4 is 5.97 Å². The number of carbonyl (C=O) groups is 1. The normalized spacial score (nSPS) is 17.4. The maximum Gasteiger partial charge on any atom is 0.330 e. The van der Waals surface area contributed by atoms with Crippen LogP contribution in [-0.2, 0) is 22.4 Å². The van der Waals surface area contributed by atoms with Gasteiger partial charge in [-0.1, -0.05) is 80.9 Å². The molecule has 0 bridgehead atoms. The number of ether oxygens (including phenoxy) is 1. The molecule has 0 spiro atoms. The minimum absolute atomic E-state index is 0.0412. The largest absolute Gasteiger partial charge is 0.463 e. The lowest BCUT2D eigenvalue weighted by Gasteiger charge is -2.26. The first-order valence-electron chi connectivity index (χ1n) is 13.4. The Hall–Kier alpha value is -3.24. The highest BCUT2D eigenvalue weighted by molar-refractivity contribution is 5.81. The third-order valence-corrected chi connectivity index (χ3v) is 7.60. The van der Waals surface area contributed by atoms with Crippen LogP contribution in [0.3, 0.4) is 0 Å². The molecule has 0 aliphatic heterocycles. The van der Waals surface area contributed by atoms with E-state index in [1.54, 1.807) is 6.07 Å². The minimum Gasteiger partial charge on any atom is -0.463 e. The first-order chi connectivity index (χ1) is 18.0. The summed E-state index contributed by atoms with van der Waals surface area (Å²) in [4.78, 5) is 11.3. The molecule has 1 saturated carbocycles. The zero-order valence-corrected chi connectivity index (χ0v) is 21.7. The highest BCUT2D eigenvalue weighted by Crippen LogP contribution is 2.36. The third kappa shape index (κ3) is 6.95. The van der Waals surface area contributed by atoms with Gasteiger partial charge in [0.25, 0.3) is 0 Å². The molecule has 1 aliphatic carbocycles. The maximum absolute atomic E-state index is 15.3. The van der Waals surface area contributed by atoms with E-state index in [1.807, 2.05) is 30.3 Å². The van der Waals surface area contributed by atoms with E-state index in [1.165, 1.54) is 31.2 Å². The Morgan fingerprint density at radius 1 is 0.946 bits per heavy atom. The van der Waals surface area contributed by atoms with Crippen molar-refractivity contribution in [2.45, 2.75) is 57.8 Å². The molecule has 3 nitrogen and oxygen atoms in total. The van der Waals surface area contributed by atoms with E-state index >= 15 is 4.39 Å². The maximum atomic E-state index is 15.3. The van der Waals surface area contributed by atoms with Crippen LogP contribution in [0.5, 0.6) is 0 Å². The number of aliphatic hydroxyl groups excluding tert-OH is 1. The molecule has 0 unspecified atom stereocenters. The third-order valence-electron chi connectivity index (χ3n) is 7.60. The van der Waals surface area contributed by atoms with Gasteiger partial charge >= 0.3 is 5.97 Å². The number of esters is 1. The first-order valence-corrected chi connectivity index (χ1v) is 13.4. The number of benzene rings is 3. The fourth-order valence-electron chi connectivity index (χ4n) is 5.35. The number of aryl methyl sites for hydroxylation is 1. The van der Waals surface area contributed by atoms with Gasteiger partial charge in [-0.05, 0) is 83.4 Å². The topological polar surface area (TPSA) is 46.5 Å². The molecule has 37 heavy (non-hydrogen) atoms. The molecule has 0 atom stereocenters. The summed E-state index contributed by atoms with van der Waals surface area (Å²) in [6, 6.07) is 19.9. The van der Waals surface area contributed by atoms with E-state index in [4.69, 9.17) is 4.74 Å². The number of halogens is 1. The zero-order valence-electron chi connectivity index (χ0n) is 21.7. The van der Waals surface area contributed by atoms with E-state index < -0.39 is 5.97 Å². The molecule has 1 aliphatic rings. The Morgan fingerprint density at radius 2 is 1.65 bits per heavy atom. The van der Waals surface area contributed by atoms with Crippen molar-refractivity contribution < 1.29 is 19.0 Å². The molecular formula is C33H37FO3. The second-order valence-electron chi connectivity index (χ2n) is 10.2. The summed E-state index contributed by atoms with van der Waals surface area (Å²) in [5, 5.41) is 9.45. The van der Waals surface area contributed by atoms with E-state index in [0.29, 0.717) is 30.7 Å². The van der Waals surface area contributed by atoms with E-state index in [9.17, 15) is 9.90 Å². The molecule has 0 aromatic heterocycles. The predicted molar refractivity (Wildman–Crippen MR) is 148 cm³/mol. The summed E-state index contributed by atoms with van der Waals surface area (Å²) >= 11 is 0. The average molecular weight is 501 g/mol. The van der Waals surface area contributed by atoms with Crippen LogP contribution in [0, 0.1) is 11.7 Å². The SMILES string of the molecule is C=CC(=O)OCCCc1cc(-c2ccc(-c3ccc(C4CCC(C)CC4)cc3)cc2F)ccc1CCO. The second-order valence-corrected chi connectivity index (χ2v) is 10.2. The van der Waals surface area contributed by atoms with Crippen molar-refractivity contribution in [2.24, 2.45) is 5.92 Å². The van der Waals surface area contributed by atoms with Crippen LogP contribution in [0.25, 0.3) is 22.3 Å². The van der Waals surface area contributed by atoms with Gasteiger partial charge in [-0.3, -0.25) is 0 Å². The summed E-state index contributed by atoms with van der Waals surface area (Å²) in [7, 11) is 0. The van der Waals surface area contributed by atoms with Gasteiger partial charge in [-0.2, -0.15) is 0 Å². The molecule has 0 saturated heterocycles. The number of hydrogen-bond donors (Lipinski definition) is 1. The number of hydrogen-bond acceptors (Lipinski definition) is 3. The summed E-state index contributed by atoms with van der Waals surface area (Å²) < 4.78 is 20.4. The Balaban J connectivity index is 1.49. The van der Waals surface area contributed by atoms with Crippen LogP contribution in [-0.4, -0.2) is 24.3 Å². The van der Waals surface area contributed by atoms with Crippen LogP contribution >= 0.6 is 0 Å². The van der Waals surface area contributed by atoms with Crippen molar-refractivity contribution in [1.29, 1.82) is 0 Å². The summed E-state index contributed by atoms with van der Waals surface area (Å²) in [6.07, 6.45) is 8.08. The van der Waals surface area contributed by atoms with Gasteiger partial charge in [0.2, 0.25) is 0 Å². The summed E-state index contributed by atoms with van der Waals surface area (Å²) in [5.74, 6) is 0.774. The molecule has 1 N–H and O–H groups in total. The molecular weight excluding hydrogens is 463 g/mol. The van der Waals surface area contributed by atoms with Crippen molar-refractivity contribution in [3.8, 4) is 22.3 Å². The van der Waals surface area contributed by atoms with Crippen LogP contribution in [0.2, 0.25) is 0 Å². The Labute approximate surface area is 220 Å². The lowest BCUT2D eigenvalue weighted by Crippen LogP contribution is -2.10. The molecule has 3 aromatic rings. The molecule has 0 amide bonds. The minimum atomic E-state index is -0.440. The second kappa shape index (κ2) is 12.8. The quantitative estimate of drug-likeness (QED) is 0.177. The van der Waals surface area contributed by atoms with Gasteiger partial charge in [-0.15, -0.1) is 0 Å². The summed E-state index contributed by atoms with van der Waals surface area (Å²) in [6.45, 7) is 6.07.